The van der Waals surface area contributed by atoms with E-state index in [4.69, 9.17) is 5.11 Å². The van der Waals surface area contributed by atoms with Crippen molar-refractivity contribution >= 4 is 10.8 Å². The number of rotatable bonds is 2. The van der Waals surface area contributed by atoms with Gasteiger partial charge in [-0.15, -0.1) is 0 Å². The lowest BCUT2D eigenvalue weighted by Gasteiger charge is -2.36. The molecule has 1 saturated carbocycles. The number of hydrogen-bond donors (Lipinski definition) is 2. The molecule has 1 aliphatic heterocycles. The normalized spacial score (nSPS) is 45.6. The van der Waals surface area contributed by atoms with E-state index in [1.54, 1.807) is 0 Å². The molecular formula is C9H17NO2S. The van der Waals surface area contributed by atoms with Gasteiger partial charge in [0.1, 0.15) is 0 Å². The van der Waals surface area contributed by atoms with Gasteiger partial charge in [0, 0.05) is 34.4 Å². The molecule has 2 N–H and O–H groups in total. The number of aliphatic hydroxyl groups excluding tert-OH is 1. The molecule has 13 heavy (non-hydrogen) atoms. The van der Waals surface area contributed by atoms with Crippen molar-refractivity contribution < 1.29 is 9.32 Å². The van der Waals surface area contributed by atoms with E-state index in [0.29, 0.717) is 12.1 Å². The van der Waals surface area contributed by atoms with Crippen molar-refractivity contribution in [2.45, 2.75) is 43.9 Å². The van der Waals surface area contributed by atoms with Crippen LogP contribution in [0.5, 0.6) is 0 Å². The molecule has 0 radical (unpaired) electrons. The highest BCUT2D eigenvalue weighted by molar-refractivity contribution is 7.85. The highest BCUT2D eigenvalue weighted by Crippen LogP contribution is 2.21. The predicted octanol–water partition coefficient (Wildman–Crippen LogP) is 0.0104. The molecule has 76 valence electrons. The summed E-state index contributed by atoms with van der Waals surface area (Å²) in [5.74, 6) is 1.71. The van der Waals surface area contributed by atoms with Gasteiger partial charge in [0.05, 0.1) is 6.10 Å². The summed E-state index contributed by atoms with van der Waals surface area (Å²) in [7, 11) is -0.556. The number of aliphatic hydroxyl groups is 1. The van der Waals surface area contributed by atoms with Gasteiger partial charge in [-0.25, -0.2) is 0 Å². The SMILES string of the molecule is O=S1CCC(NC2CC(O)C2)CC1. The van der Waals surface area contributed by atoms with E-state index in [2.05, 4.69) is 5.32 Å². The average Bonchev–Trinajstić information content (AvgIpc) is 2.06. The Morgan fingerprint density at radius 3 is 2.31 bits per heavy atom. The Labute approximate surface area is 81.4 Å². The number of nitrogens with one attached hydrogen (secondary N) is 1. The van der Waals surface area contributed by atoms with E-state index >= 15 is 0 Å². The average molecular weight is 203 g/mol. The van der Waals surface area contributed by atoms with Crippen LogP contribution in [0.3, 0.4) is 0 Å². The summed E-state index contributed by atoms with van der Waals surface area (Å²) in [6, 6.07) is 1.07. The maximum atomic E-state index is 11.1. The molecule has 3 nitrogen and oxygen atoms in total. The van der Waals surface area contributed by atoms with Crippen molar-refractivity contribution in [2.24, 2.45) is 0 Å². The fraction of sp³-hybridized carbons (Fsp3) is 1.00. The van der Waals surface area contributed by atoms with E-state index in [0.717, 1.165) is 37.2 Å². The van der Waals surface area contributed by atoms with Crippen LogP contribution >= 0.6 is 0 Å². The first-order valence-electron chi connectivity index (χ1n) is 5.03. The van der Waals surface area contributed by atoms with E-state index in [1.165, 1.54) is 0 Å². The van der Waals surface area contributed by atoms with Crippen LogP contribution in [-0.2, 0) is 10.8 Å². The van der Waals surface area contributed by atoms with Crippen molar-refractivity contribution in [3.8, 4) is 0 Å². The Kier molecular flexibility index (Phi) is 3.01. The van der Waals surface area contributed by atoms with Gasteiger partial charge in [0.25, 0.3) is 0 Å². The van der Waals surface area contributed by atoms with Crippen LogP contribution in [0.1, 0.15) is 25.7 Å². The Morgan fingerprint density at radius 2 is 1.77 bits per heavy atom. The van der Waals surface area contributed by atoms with Crippen molar-refractivity contribution in [3.63, 3.8) is 0 Å². The second-order valence-corrected chi connectivity index (χ2v) is 5.81. The first-order chi connectivity index (χ1) is 6.24. The fourth-order valence-electron chi connectivity index (χ4n) is 2.02. The van der Waals surface area contributed by atoms with Gasteiger partial charge in [0.2, 0.25) is 0 Å². The topological polar surface area (TPSA) is 49.3 Å². The molecule has 0 atom stereocenters. The van der Waals surface area contributed by atoms with Gasteiger partial charge in [-0.05, 0) is 25.7 Å². The summed E-state index contributed by atoms with van der Waals surface area (Å²) in [4.78, 5) is 0. The van der Waals surface area contributed by atoms with E-state index < -0.39 is 10.8 Å². The first-order valence-corrected chi connectivity index (χ1v) is 6.52. The van der Waals surface area contributed by atoms with E-state index in [-0.39, 0.29) is 6.10 Å². The van der Waals surface area contributed by atoms with E-state index in [1.807, 2.05) is 0 Å². The van der Waals surface area contributed by atoms with Crippen LogP contribution in [0.4, 0.5) is 0 Å². The molecule has 0 aromatic carbocycles. The lowest BCUT2D eigenvalue weighted by molar-refractivity contribution is 0.0571. The lowest BCUT2D eigenvalue weighted by Crippen LogP contribution is -2.50. The third-order valence-corrected chi connectivity index (χ3v) is 4.35. The van der Waals surface area contributed by atoms with Crippen LogP contribution in [0.15, 0.2) is 0 Å². The quantitative estimate of drug-likeness (QED) is 0.665. The second kappa shape index (κ2) is 4.07. The maximum Gasteiger partial charge on any atom is 0.0570 e. The molecule has 1 aliphatic carbocycles. The Hall–Kier alpha value is 0.0700. The zero-order valence-electron chi connectivity index (χ0n) is 7.74. The molecule has 0 unspecified atom stereocenters. The summed E-state index contributed by atoms with van der Waals surface area (Å²) in [6.07, 6.45) is 3.81. The van der Waals surface area contributed by atoms with Gasteiger partial charge < -0.3 is 10.4 Å². The summed E-state index contributed by atoms with van der Waals surface area (Å²) < 4.78 is 11.1. The van der Waals surface area contributed by atoms with Crippen molar-refractivity contribution in [1.82, 2.24) is 5.32 Å². The summed E-state index contributed by atoms with van der Waals surface area (Å²) in [5.41, 5.74) is 0. The van der Waals surface area contributed by atoms with Gasteiger partial charge in [-0.1, -0.05) is 0 Å². The molecule has 0 aromatic heterocycles. The van der Waals surface area contributed by atoms with Crippen molar-refractivity contribution in [3.05, 3.63) is 0 Å². The van der Waals surface area contributed by atoms with Gasteiger partial charge in [0.15, 0.2) is 0 Å². The molecule has 0 spiro atoms. The van der Waals surface area contributed by atoms with Gasteiger partial charge in [-0.2, -0.15) is 0 Å². The Balaban J connectivity index is 1.68. The maximum absolute atomic E-state index is 11.1. The molecule has 0 amide bonds. The summed E-state index contributed by atoms with van der Waals surface area (Å²) >= 11 is 0. The third-order valence-electron chi connectivity index (χ3n) is 2.97. The minimum Gasteiger partial charge on any atom is -0.393 e. The Bertz CT molecular complexity index is 194. The highest BCUT2D eigenvalue weighted by Gasteiger charge is 2.29. The largest absolute Gasteiger partial charge is 0.393 e. The highest BCUT2D eigenvalue weighted by atomic mass is 32.2. The van der Waals surface area contributed by atoms with Crippen LogP contribution < -0.4 is 5.32 Å². The minimum atomic E-state index is -0.556. The predicted molar refractivity (Wildman–Crippen MR) is 53.1 cm³/mol. The molecule has 0 bridgehead atoms. The van der Waals surface area contributed by atoms with Gasteiger partial charge in [-0.3, -0.25) is 4.21 Å². The summed E-state index contributed by atoms with van der Waals surface area (Å²) in [6.45, 7) is 0. The van der Waals surface area contributed by atoms with Gasteiger partial charge >= 0.3 is 0 Å². The molecule has 1 saturated heterocycles. The van der Waals surface area contributed by atoms with Crippen LogP contribution in [-0.4, -0.2) is 39.0 Å². The van der Waals surface area contributed by atoms with Crippen molar-refractivity contribution in [1.29, 1.82) is 0 Å². The zero-order valence-corrected chi connectivity index (χ0v) is 8.55. The second-order valence-electron chi connectivity index (χ2n) is 4.11. The monoisotopic (exact) mass is 203 g/mol. The van der Waals surface area contributed by atoms with E-state index in [9.17, 15) is 4.21 Å². The smallest absolute Gasteiger partial charge is 0.0570 e. The van der Waals surface area contributed by atoms with Crippen molar-refractivity contribution in [2.75, 3.05) is 11.5 Å². The molecule has 1 heterocycles. The molecule has 0 aromatic rings. The Morgan fingerprint density at radius 1 is 1.15 bits per heavy atom. The van der Waals surface area contributed by atoms with Crippen LogP contribution in [0.25, 0.3) is 0 Å². The van der Waals surface area contributed by atoms with Crippen LogP contribution in [0.2, 0.25) is 0 Å². The molecule has 2 aliphatic rings. The van der Waals surface area contributed by atoms with Crippen LogP contribution in [0, 0.1) is 0 Å². The minimum absolute atomic E-state index is 0.0739. The first kappa shape index (κ1) is 9.62. The number of hydrogen-bond acceptors (Lipinski definition) is 3. The molecule has 4 heteroatoms. The molecule has 2 fully saturated rings. The summed E-state index contributed by atoms with van der Waals surface area (Å²) in [5, 5.41) is 12.6. The zero-order chi connectivity index (χ0) is 9.26. The third kappa shape index (κ3) is 2.51. The fourth-order valence-corrected chi connectivity index (χ4v) is 3.32. The molecular weight excluding hydrogens is 186 g/mol. The molecule has 2 rings (SSSR count). The lowest BCUT2D eigenvalue weighted by atomic mass is 9.88. The standard InChI is InChI=1S/C9H17NO2S/c11-9-5-8(6-9)10-7-1-3-13(12)4-2-7/h7-11H,1-6H2.